The highest BCUT2D eigenvalue weighted by atomic mass is 19.1. The zero-order chi connectivity index (χ0) is 12.8. The largest absolute Gasteiger partial charge is 0.351 e. The smallest absolute Gasteiger partial charge is 0.165 e. The van der Waals surface area contributed by atoms with Crippen LogP contribution in [0.15, 0.2) is 12.1 Å². The predicted octanol–water partition coefficient (Wildman–Crippen LogP) is 2.29. The van der Waals surface area contributed by atoms with Crippen molar-refractivity contribution < 1.29 is 4.39 Å². The van der Waals surface area contributed by atoms with E-state index in [1.54, 1.807) is 12.1 Å². The SMILES string of the molecule is CC(C)c1ccc(F)c(N2CCNC3(CC3)C2)n1. The molecule has 2 heterocycles. The fourth-order valence-corrected chi connectivity index (χ4v) is 2.61. The highest BCUT2D eigenvalue weighted by Gasteiger charge is 2.46. The van der Waals surface area contributed by atoms with Gasteiger partial charge in [-0.1, -0.05) is 13.8 Å². The molecule has 0 radical (unpaired) electrons. The molecule has 1 aromatic heterocycles. The van der Waals surface area contributed by atoms with Crippen molar-refractivity contribution in [2.45, 2.75) is 38.1 Å². The van der Waals surface area contributed by atoms with Gasteiger partial charge in [0.2, 0.25) is 0 Å². The van der Waals surface area contributed by atoms with Gasteiger partial charge in [-0.05, 0) is 30.9 Å². The van der Waals surface area contributed by atoms with Gasteiger partial charge in [-0.2, -0.15) is 0 Å². The molecule has 0 aromatic carbocycles. The molecule has 0 bridgehead atoms. The third-order valence-electron chi connectivity index (χ3n) is 3.97. The van der Waals surface area contributed by atoms with Gasteiger partial charge in [0.25, 0.3) is 0 Å². The maximum Gasteiger partial charge on any atom is 0.165 e. The Kier molecular flexibility index (Phi) is 2.77. The van der Waals surface area contributed by atoms with Crippen LogP contribution in [-0.4, -0.2) is 30.2 Å². The van der Waals surface area contributed by atoms with Crippen LogP contribution in [0.2, 0.25) is 0 Å². The van der Waals surface area contributed by atoms with Gasteiger partial charge < -0.3 is 10.2 Å². The van der Waals surface area contributed by atoms with E-state index in [1.807, 2.05) is 0 Å². The van der Waals surface area contributed by atoms with Crippen LogP contribution in [-0.2, 0) is 0 Å². The lowest BCUT2D eigenvalue weighted by Crippen LogP contribution is -2.53. The molecule has 1 saturated heterocycles. The van der Waals surface area contributed by atoms with Gasteiger partial charge in [0.15, 0.2) is 11.6 Å². The van der Waals surface area contributed by atoms with Crippen molar-refractivity contribution in [1.82, 2.24) is 10.3 Å². The Morgan fingerprint density at radius 2 is 2.17 bits per heavy atom. The van der Waals surface area contributed by atoms with E-state index in [2.05, 4.69) is 29.0 Å². The molecule has 0 amide bonds. The number of anilines is 1. The van der Waals surface area contributed by atoms with Crippen molar-refractivity contribution >= 4 is 5.82 Å². The summed E-state index contributed by atoms with van der Waals surface area (Å²) in [6.45, 7) is 6.83. The maximum absolute atomic E-state index is 14.0. The van der Waals surface area contributed by atoms with Gasteiger partial charge in [-0.25, -0.2) is 9.37 Å². The molecule has 3 nitrogen and oxygen atoms in total. The van der Waals surface area contributed by atoms with Gasteiger partial charge >= 0.3 is 0 Å². The van der Waals surface area contributed by atoms with Crippen LogP contribution in [0.5, 0.6) is 0 Å². The summed E-state index contributed by atoms with van der Waals surface area (Å²) >= 11 is 0. The quantitative estimate of drug-likeness (QED) is 0.871. The van der Waals surface area contributed by atoms with E-state index >= 15 is 0 Å². The van der Waals surface area contributed by atoms with Crippen LogP contribution in [0, 0.1) is 5.82 Å². The lowest BCUT2D eigenvalue weighted by Gasteiger charge is -2.35. The number of pyridine rings is 1. The summed E-state index contributed by atoms with van der Waals surface area (Å²) in [5, 5.41) is 3.53. The van der Waals surface area contributed by atoms with Gasteiger partial charge in [0.1, 0.15) is 0 Å². The molecule has 2 aliphatic rings. The zero-order valence-corrected chi connectivity index (χ0v) is 11.0. The van der Waals surface area contributed by atoms with E-state index in [-0.39, 0.29) is 11.4 Å². The molecule has 1 N–H and O–H groups in total. The average Bonchev–Trinajstić information content (AvgIpc) is 3.08. The maximum atomic E-state index is 14.0. The van der Waals surface area contributed by atoms with Crippen LogP contribution in [0.4, 0.5) is 10.2 Å². The second kappa shape index (κ2) is 4.19. The topological polar surface area (TPSA) is 28.2 Å². The minimum Gasteiger partial charge on any atom is -0.351 e. The highest BCUT2D eigenvalue weighted by Crippen LogP contribution is 2.38. The zero-order valence-electron chi connectivity index (χ0n) is 11.0. The molecule has 3 rings (SSSR count). The number of halogens is 1. The van der Waals surface area contributed by atoms with Crippen LogP contribution in [0.3, 0.4) is 0 Å². The molecule has 1 saturated carbocycles. The Bertz CT molecular complexity index is 454. The lowest BCUT2D eigenvalue weighted by atomic mass is 10.1. The Morgan fingerprint density at radius 3 is 2.83 bits per heavy atom. The monoisotopic (exact) mass is 249 g/mol. The van der Waals surface area contributed by atoms with Crippen molar-refractivity contribution in [2.24, 2.45) is 0 Å². The third kappa shape index (κ3) is 2.09. The van der Waals surface area contributed by atoms with E-state index in [0.717, 1.165) is 25.3 Å². The molecule has 1 aliphatic carbocycles. The third-order valence-corrected chi connectivity index (χ3v) is 3.97. The minimum absolute atomic E-state index is 0.197. The first-order chi connectivity index (χ1) is 8.60. The average molecular weight is 249 g/mol. The molecule has 4 heteroatoms. The molecule has 98 valence electrons. The lowest BCUT2D eigenvalue weighted by molar-refractivity contribution is 0.435. The van der Waals surface area contributed by atoms with Crippen molar-refractivity contribution in [3.8, 4) is 0 Å². The normalized spacial score (nSPS) is 21.7. The molecule has 0 atom stereocenters. The van der Waals surface area contributed by atoms with Crippen molar-refractivity contribution in [3.05, 3.63) is 23.6 Å². The van der Waals surface area contributed by atoms with Crippen LogP contribution >= 0.6 is 0 Å². The molecule has 1 aromatic rings. The number of hydrogen-bond acceptors (Lipinski definition) is 3. The second-order valence-corrected chi connectivity index (χ2v) is 5.82. The first-order valence-electron chi connectivity index (χ1n) is 6.76. The molecule has 18 heavy (non-hydrogen) atoms. The minimum atomic E-state index is -0.197. The Balaban J connectivity index is 1.88. The van der Waals surface area contributed by atoms with Crippen LogP contribution < -0.4 is 10.2 Å². The summed E-state index contributed by atoms with van der Waals surface area (Å²) < 4.78 is 14.0. The number of piperazine rings is 1. The van der Waals surface area contributed by atoms with E-state index in [9.17, 15) is 4.39 Å². The van der Waals surface area contributed by atoms with Crippen molar-refractivity contribution in [1.29, 1.82) is 0 Å². The number of rotatable bonds is 2. The molecule has 0 unspecified atom stereocenters. The van der Waals surface area contributed by atoms with Crippen LogP contribution in [0.1, 0.15) is 38.3 Å². The van der Waals surface area contributed by atoms with E-state index < -0.39 is 0 Å². The van der Waals surface area contributed by atoms with Crippen molar-refractivity contribution in [2.75, 3.05) is 24.5 Å². The summed E-state index contributed by atoms with van der Waals surface area (Å²) in [4.78, 5) is 6.61. The molecule has 2 fully saturated rings. The summed E-state index contributed by atoms with van der Waals surface area (Å²) in [6, 6.07) is 3.35. The van der Waals surface area contributed by atoms with E-state index in [4.69, 9.17) is 0 Å². The molecular weight excluding hydrogens is 229 g/mol. The summed E-state index contributed by atoms with van der Waals surface area (Å²) in [7, 11) is 0. The number of nitrogens with zero attached hydrogens (tertiary/aromatic N) is 2. The first-order valence-corrected chi connectivity index (χ1v) is 6.76. The van der Waals surface area contributed by atoms with Gasteiger partial charge in [0.05, 0.1) is 0 Å². The first kappa shape index (κ1) is 11.9. The summed E-state index contributed by atoms with van der Waals surface area (Å²) in [5.74, 6) is 0.674. The number of nitrogens with one attached hydrogen (secondary N) is 1. The standard InChI is InChI=1S/C14H20FN3/c1-10(2)12-4-3-11(15)13(17-12)18-8-7-16-14(9-18)5-6-14/h3-4,10,16H,5-9H2,1-2H3. The second-order valence-electron chi connectivity index (χ2n) is 5.82. The highest BCUT2D eigenvalue weighted by molar-refractivity contribution is 5.43. The Labute approximate surface area is 107 Å². The number of hydrogen-bond donors (Lipinski definition) is 1. The summed E-state index contributed by atoms with van der Waals surface area (Å²) in [5.41, 5.74) is 1.22. The molecule has 1 spiro atoms. The van der Waals surface area contributed by atoms with Gasteiger partial charge in [0, 0.05) is 30.9 Å². The molecular formula is C14H20FN3. The van der Waals surface area contributed by atoms with Crippen molar-refractivity contribution in [3.63, 3.8) is 0 Å². The van der Waals surface area contributed by atoms with Gasteiger partial charge in [-0.3, -0.25) is 0 Å². The van der Waals surface area contributed by atoms with Crippen LogP contribution in [0.25, 0.3) is 0 Å². The number of aromatic nitrogens is 1. The Hall–Kier alpha value is -1.16. The Morgan fingerprint density at radius 1 is 1.39 bits per heavy atom. The van der Waals surface area contributed by atoms with Gasteiger partial charge in [-0.15, -0.1) is 0 Å². The predicted molar refractivity (Wildman–Crippen MR) is 70.5 cm³/mol. The summed E-state index contributed by atoms with van der Waals surface area (Å²) in [6.07, 6.45) is 2.41. The fourth-order valence-electron chi connectivity index (χ4n) is 2.61. The fraction of sp³-hybridized carbons (Fsp3) is 0.643. The molecule has 1 aliphatic heterocycles. The van der Waals surface area contributed by atoms with E-state index in [0.29, 0.717) is 11.7 Å². The van der Waals surface area contributed by atoms with E-state index in [1.165, 1.54) is 12.8 Å².